The van der Waals surface area contributed by atoms with Gasteiger partial charge in [0, 0.05) is 10.7 Å². The van der Waals surface area contributed by atoms with Crippen molar-refractivity contribution < 1.29 is 9.53 Å². The Labute approximate surface area is 93.6 Å². The van der Waals surface area contributed by atoms with E-state index in [0.717, 1.165) is 0 Å². The topological polar surface area (TPSA) is 64.7 Å². The van der Waals surface area contributed by atoms with Crippen LogP contribution in [-0.4, -0.2) is 35.0 Å². The first kappa shape index (κ1) is 11.0. The number of primary amides is 1. The summed E-state index contributed by atoms with van der Waals surface area (Å²) in [7, 11) is 0. The first-order valence-corrected chi connectivity index (χ1v) is 5.99. The molecular formula is C10H16N2O2S. The van der Waals surface area contributed by atoms with Gasteiger partial charge in [-0.05, 0) is 20.3 Å². The molecule has 1 saturated heterocycles. The maximum absolute atomic E-state index is 11.1. The fraction of sp³-hybridized carbons (Fsp3) is 0.800. The van der Waals surface area contributed by atoms with Gasteiger partial charge in [-0.15, -0.1) is 11.8 Å². The van der Waals surface area contributed by atoms with E-state index in [-0.39, 0.29) is 16.7 Å². The summed E-state index contributed by atoms with van der Waals surface area (Å²) in [4.78, 5) is 15.5. The van der Waals surface area contributed by atoms with Crippen LogP contribution in [0.15, 0.2) is 4.99 Å². The number of nitrogens with zero attached hydrogens (tertiary/aromatic N) is 1. The Kier molecular flexibility index (Phi) is 2.77. The van der Waals surface area contributed by atoms with E-state index < -0.39 is 6.10 Å². The van der Waals surface area contributed by atoms with Crippen molar-refractivity contribution in [1.82, 2.24) is 0 Å². The van der Waals surface area contributed by atoms with Crippen molar-refractivity contribution in [3.63, 3.8) is 0 Å². The number of fused-ring (bicyclic) bond motifs is 1. The first-order chi connectivity index (χ1) is 7.00. The quantitative estimate of drug-likeness (QED) is 0.722. The van der Waals surface area contributed by atoms with Crippen molar-refractivity contribution in [2.75, 3.05) is 6.61 Å². The minimum atomic E-state index is -0.431. The number of carbonyl (C=O) groups excluding carboxylic acids is 1. The largest absolute Gasteiger partial charge is 0.367 e. The third-order valence-corrected chi connectivity index (χ3v) is 4.36. The molecule has 1 amide bonds. The Morgan fingerprint density at radius 3 is 3.07 bits per heavy atom. The van der Waals surface area contributed by atoms with Crippen LogP contribution >= 0.6 is 11.8 Å². The molecule has 1 fully saturated rings. The van der Waals surface area contributed by atoms with Crippen LogP contribution in [0.3, 0.4) is 0 Å². The Hall–Kier alpha value is -0.550. The third-order valence-electron chi connectivity index (χ3n) is 3.22. The highest BCUT2D eigenvalue weighted by atomic mass is 32.2. The SMILES string of the molecule is CC1(C)SC=NC2COC(C(N)=O)CC21. The summed E-state index contributed by atoms with van der Waals surface area (Å²) < 4.78 is 5.52. The zero-order chi connectivity index (χ0) is 11.1. The summed E-state index contributed by atoms with van der Waals surface area (Å²) in [6.07, 6.45) is 0.261. The van der Waals surface area contributed by atoms with Crippen LogP contribution in [0, 0.1) is 5.92 Å². The van der Waals surface area contributed by atoms with E-state index in [2.05, 4.69) is 18.8 Å². The molecule has 0 aromatic rings. The van der Waals surface area contributed by atoms with Crippen LogP contribution in [0.5, 0.6) is 0 Å². The molecule has 5 heteroatoms. The van der Waals surface area contributed by atoms with Crippen LogP contribution < -0.4 is 5.73 Å². The van der Waals surface area contributed by atoms with Crippen LogP contribution in [0.2, 0.25) is 0 Å². The van der Waals surface area contributed by atoms with Crippen LogP contribution in [0.4, 0.5) is 0 Å². The average molecular weight is 228 g/mol. The number of hydrogen-bond acceptors (Lipinski definition) is 4. The van der Waals surface area contributed by atoms with E-state index in [9.17, 15) is 4.79 Å². The van der Waals surface area contributed by atoms with E-state index in [1.54, 1.807) is 11.8 Å². The second kappa shape index (κ2) is 3.79. The number of thioether (sulfide) groups is 1. The second-order valence-corrected chi connectivity index (χ2v) is 6.11. The molecule has 2 aliphatic heterocycles. The number of hydrogen-bond donors (Lipinski definition) is 1. The molecule has 0 bridgehead atoms. The van der Waals surface area contributed by atoms with Crippen LogP contribution in [-0.2, 0) is 9.53 Å². The zero-order valence-corrected chi connectivity index (χ0v) is 9.79. The van der Waals surface area contributed by atoms with Gasteiger partial charge in [-0.1, -0.05) is 0 Å². The zero-order valence-electron chi connectivity index (χ0n) is 8.97. The molecule has 3 unspecified atom stereocenters. The first-order valence-electron chi connectivity index (χ1n) is 5.11. The summed E-state index contributed by atoms with van der Waals surface area (Å²) in [5.74, 6) is 0.0163. The summed E-state index contributed by atoms with van der Waals surface area (Å²) in [5.41, 5.74) is 7.17. The number of carbonyl (C=O) groups is 1. The van der Waals surface area contributed by atoms with Gasteiger partial charge in [0.1, 0.15) is 6.10 Å². The van der Waals surface area contributed by atoms with E-state index in [1.807, 2.05) is 5.55 Å². The number of nitrogens with two attached hydrogens (primary N) is 1. The highest BCUT2D eigenvalue weighted by Crippen LogP contribution is 2.42. The second-order valence-electron chi connectivity index (χ2n) is 4.61. The van der Waals surface area contributed by atoms with Gasteiger partial charge in [0.05, 0.1) is 18.2 Å². The maximum Gasteiger partial charge on any atom is 0.246 e. The third kappa shape index (κ3) is 2.03. The molecule has 0 saturated carbocycles. The molecule has 2 N–H and O–H groups in total. The van der Waals surface area contributed by atoms with Crippen molar-refractivity contribution in [2.24, 2.45) is 16.6 Å². The van der Waals surface area contributed by atoms with Gasteiger partial charge >= 0.3 is 0 Å². The van der Waals surface area contributed by atoms with E-state index in [4.69, 9.17) is 10.5 Å². The Bertz CT molecular complexity index is 304. The fourth-order valence-electron chi connectivity index (χ4n) is 2.21. The predicted molar refractivity (Wildman–Crippen MR) is 61.0 cm³/mol. The van der Waals surface area contributed by atoms with Gasteiger partial charge < -0.3 is 10.5 Å². The number of amides is 1. The van der Waals surface area contributed by atoms with E-state index in [0.29, 0.717) is 18.9 Å². The summed E-state index contributed by atoms with van der Waals surface area (Å²) >= 11 is 1.72. The molecular weight excluding hydrogens is 212 g/mol. The van der Waals surface area contributed by atoms with Crippen molar-refractivity contribution in [3.05, 3.63) is 0 Å². The molecule has 3 atom stereocenters. The minimum Gasteiger partial charge on any atom is -0.367 e. The Morgan fingerprint density at radius 1 is 1.67 bits per heavy atom. The maximum atomic E-state index is 11.1. The molecule has 2 aliphatic rings. The molecule has 2 rings (SSSR count). The number of rotatable bonds is 1. The molecule has 0 aromatic heterocycles. The average Bonchev–Trinajstić information content (AvgIpc) is 2.17. The highest BCUT2D eigenvalue weighted by Gasteiger charge is 2.44. The van der Waals surface area contributed by atoms with Gasteiger partial charge in [-0.3, -0.25) is 9.79 Å². The monoisotopic (exact) mass is 228 g/mol. The highest BCUT2D eigenvalue weighted by molar-refractivity contribution is 8.13. The summed E-state index contributed by atoms with van der Waals surface area (Å²) in [5, 5.41) is 0. The lowest BCUT2D eigenvalue weighted by Crippen LogP contribution is -2.50. The normalized spacial score (nSPS) is 38.4. The standard InChI is InChI=1S/C10H16N2O2S/c1-10(2)6-3-8(9(11)13)14-4-7(6)12-5-15-10/h5-8H,3-4H2,1-2H3,(H2,11,13). The molecule has 2 heterocycles. The lowest BCUT2D eigenvalue weighted by atomic mass is 9.81. The van der Waals surface area contributed by atoms with Gasteiger partial charge in [0.25, 0.3) is 0 Å². The van der Waals surface area contributed by atoms with Gasteiger partial charge in [-0.2, -0.15) is 0 Å². The van der Waals surface area contributed by atoms with Crippen molar-refractivity contribution in [1.29, 1.82) is 0 Å². The molecule has 0 spiro atoms. The smallest absolute Gasteiger partial charge is 0.246 e. The Morgan fingerprint density at radius 2 is 2.40 bits per heavy atom. The molecule has 84 valence electrons. The molecule has 0 aliphatic carbocycles. The van der Waals surface area contributed by atoms with Gasteiger partial charge in [0.2, 0.25) is 5.91 Å². The predicted octanol–water partition coefficient (Wildman–Crippen LogP) is 0.799. The lowest BCUT2D eigenvalue weighted by Gasteiger charge is -2.43. The van der Waals surface area contributed by atoms with E-state index >= 15 is 0 Å². The lowest BCUT2D eigenvalue weighted by molar-refractivity contribution is -0.135. The molecule has 0 radical (unpaired) electrons. The van der Waals surface area contributed by atoms with Crippen molar-refractivity contribution in [3.8, 4) is 0 Å². The summed E-state index contributed by atoms with van der Waals surface area (Å²) in [6, 6.07) is 0.192. The van der Waals surface area contributed by atoms with Crippen molar-refractivity contribution >= 4 is 23.2 Å². The van der Waals surface area contributed by atoms with Gasteiger partial charge in [-0.25, -0.2) is 0 Å². The van der Waals surface area contributed by atoms with Crippen LogP contribution in [0.1, 0.15) is 20.3 Å². The van der Waals surface area contributed by atoms with Gasteiger partial charge in [0.15, 0.2) is 0 Å². The molecule has 0 aromatic carbocycles. The fourth-order valence-corrected chi connectivity index (χ4v) is 3.13. The number of aliphatic imine (C=N–C) groups is 1. The van der Waals surface area contributed by atoms with Crippen molar-refractivity contribution in [2.45, 2.75) is 37.2 Å². The molecule has 15 heavy (non-hydrogen) atoms. The number of ether oxygens (including phenoxy) is 1. The minimum absolute atomic E-state index is 0.115. The van der Waals surface area contributed by atoms with Crippen LogP contribution in [0.25, 0.3) is 0 Å². The summed E-state index contributed by atoms with van der Waals surface area (Å²) in [6.45, 7) is 4.88. The van der Waals surface area contributed by atoms with E-state index in [1.165, 1.54) is 0 Å². The Balaban J connectivity index is 2.15. The molecule has 4 nitrogen and oxygen atoms in total.